The van der Waals surface area contributed by atoms with E-state index >= 15 is 0 Å². The standard InChI is InChI=1S/C24H25N3O4/c1-16-5-6-19-18(14-16)22(28)20-21(17-4-2-7-25-15-17)27(24(29)23(20)31-19)9-3-8-26-10-12-30-13-11-26/h2,4-7,14-15,21H,3,8-13H2,1H3/t21-/m0/s1. The molecule has 1 atom stereocenters. The van der Waals surface area contributed by atoms with Gasteiger partial charge in [0.05, 0.1) is 30.2 Å². The van der Waals surface area contributed by atoms with Crippen molar-refractivity contribution in [2.45, 2.75) is 19.4 Å². The maximum absolute atomic E-state index is 13.5. The van der Waals surface area contributed by atoms with Crippen LogP contribution in [0.3, 0.4) is 0 Å². The molecule has 0 aliphatic carbocycles. The normalized spacial score (nSPS) is 19.2. The number of carbonyl (C=O) groups is 1. The lowest BCUT2D eigenvalue weighted by molar-refractivity contribution is 0.0353. The van der Waals surface area contributed by atoms with E-state index < -0.39 is 6.04 Å². The molecule has 0 spiro atoms. The first-order valence-electron chi connectivity index (χ1n) is 10.7. The van der Waals surface area contributed by atoms with Gasteiger partial charge in [-0.3, -0.25) is 19.5 Å². The number of hydrogen-bond donors (Lipinski definition) is 0. The van der Waals surface area contributed by atoms with Crippen LogP contribution in [0.15, 0.2) is 51.9 Å². The van der Waals surface area contributed by atoms with Crippen LogP contribution in [-0.4, -0.2) is 60.1 Å². The van der Waals surface area contributed by atoms with Crippen molar-refractivity contribution in [3.05, 3.63) is 75.4 Å². The van der Waals surface area contributed by atoms with E-state index in [2.05, 4.69) is 9.88 Å². The van der Waals surface area contributed by atoms with Crippen molar-refractivity contribution >= 4 is 16.9 Å². The summed E-state index contributed by atoms with van der Waals surface area (Å²) >= 11 is 0. The summed E-state index contributed by atoms with van der Waals surface area (Å²) in [5.41, 5.74) is 2.52. The number of amides is 1. The Morgan fingerprint density at radius 3 is 2.74 bits per heavy atom. The largest absolute Gasteiger partial charge is 0.450 e. The number of rotatable bonds is 5. The third-order valence-electron chi connectivity index (χ3n) is 6.10. The van der Waals surface area contributed by atoms with Gasteiger partial charge in [0.15, 0.2) is 5.43 Å². The topological polar surface area (TPSA) is 75.9 Å². The summed E-state index contributed by atoms with van der Waals surface area (Å²) in [5, 5.41) is 0.510. The van der Waals surface area contributed by atoms with Gasteiger partial charge in [0.2, 0.25) is 5.76 Å². The van der Waals surface area contributed by atoms with Gasteiger partial charge in [0, 0.05) is 38.6 Å². The molecule has 160 valence electrons. The van der Waals surface area contributed by atoms with E-state index in [0.29, 0.717) is 23.1 Å². The average molecular weight is 419 g/mol. The SMILES string of the molecule is Cc1ccc2oc3c(c(=O)c2c1)[C@H](c1cccnc1)N(CCCN1CCOCC1)C3=O. The first-order valence-corrected chi connectivity index (χ1v) is 10.7. The second-order valence-corrected chi connectivity index (χ2v) is 8.17. The summed E-state index contributed by atoms with van der Waals surface area (Å²) in [4.78, 5) is 35.2. The lowest BCUT2D eigenvalue weighted by Gasteiger charge is -2.29. The summed E-state index contributed by atoms with van der Waals surface area (Å²) in [5.74, 6) is -0.0769. The second kappa shape index (κ2) is 8.24. The summed E-state index contributed by atoms with van der Waals surface area (Å²) in [6.45, 7) is 6.66. The third-order valence-corrected chi connectivity index (χ3v) is 6.10. The van der Waals surface area contributed by atoms with E-state index in [1.807, 2.05) is 31.2 Å². The number of fused-ring (bicyclic) bond motifs is 2. The van der Waals surface area contributed by atoms with Crippen molar-refractivity contribution in [3.63, 3.8) is 0 Å². The molecule has 0 N–H and O–H groups in total. The Morgan fingerprint density at radius 1 is 1.13 bits per heavy atom. The molecule has 4 heterocycles. The number of morpholine rings is 1. The Hall–Kier alpha value is -3.03. The number of pyridine rings is 1. The predicted molar refractivity (Wildman–Crippen MR) is 116 cm³/mol. The number of aromatic nitrogens is 1. The Morgan fingerprint density at radius 2 is 1.97 bits per heavy atom. The number of aryl methyl sites for hydroxylation is 1. The van der Waals surface area contributed by atoms with Gasteiger partial charge < -0.3 is 14.1 Å². The maximum Gasteiger partial charge on any atom is 0.290 e. The lowest BCUT2D eigenvalue weighted by Crippen LogP contribution is -2.38. The molecule has 1 aromatic carbocycles. The van der Waals surface area contributed by atoms with Crippen LogP contribution in [0.2, 0.25) is 0 Å². The first kappa shape index (κ1) is 19.9. The van der Waals surface area contributed by atoms with Gasteiger partial charge in [0.25, 0.3) is 5.91 Å². The smallest absolute Gasteiger partial charge is 0.290 e. The van der Waals surface area contributed by atoms with Crippen LogP contribution in [0.5, 0.6) is 0 Å². The molecule has 1 fully saturated rings. The van der Waals surface area contributed by atoms with Gasteiger partial charge in [-0.05, 0) is 37.1 Å². The molecule has 0 unspecified atom stereocenters. The first-order chi connectivity index (χ1) is 15.1. The second-order valence-electron chi connectivity index (χ2n) is 8.17. The van der Waals surface area contributed by atoms with Gasteiger partial charge in [0.1, 0.15) is 5.58 Å². The number of ether oxygens (including phenoxy) is 1. The highest BCUT2D eigenvalue weighted by molar-refractivity contribution is 5.99. The van der Waals surface area contributed by atoms with Crippen molar-refractivity contribution in [2.75, 3.05) is 39.4 Å². The third kappa shape index (κ3) is 3.64. The Kier molecular flexibility index (Phi) is 5.29. The summed E-state index contributed by atoms with van der Waals surface area (Å²) < 4.78 is 11.4. The Balaban J connectivity index is 1.52. The van der Waals surface area contributed by atoms with E-state index in [9.17, 15) is 9.59 Å². The van der Waals surface area contributed by atoms with E-state index in [4.69, 9.17) is 9.15 Å². The molecule has 5 rings (SSSR count). The van der Waals surface area contributed by atoms with E-state index in [1.54, 1.807) is 23.4 Å². The van der Waals surface area contributed by atoms with Crippen LogP contribution in [0.25, 0.3) is 11.0 Å². The maximum atomic E-state index is 13.5. The van der Waals surface area contributed by atoms with Crippen molar-refractivity contribution in [3.8, 4) is 0 Å². The zero-order valence-corrected chi connectivity index (χ0v) is 17.5. The molecule has 2 aliphatic rings. The fraction of sp³-hybridized carbons (Fsp3) is 0.375. The van der Waals surface area contributed by atoms with Crippen molar-refractivity contribution in [1.29, 1.82) is 0 Å². The Bertz CT molecular complexity index is 1170. The van der Waals surface area contributed by atoms with Crippen LogP contribution in [-0.2, 0) is 4.74 Å². The van der Waals surface area contributed by atoms with Gasteiger partial charge in [-0.2, -0.15) is 0 Å². The molecule has 7 nitrogen and oxygen atoms in total. The van der Waals surface area contributed by atoms with Gasteiger partial charge in [-0.15, -0.1) is 0 Å². The lowest BCUT2D eigenvalue weighted by atomic mass is 9.99. The molecule has 0 radical (unpaired) electrons. The predicted octanol–water partition coefficient (Wildman–Crippen LogP) is 2.76. The monoisotopic (exact) mass is 419 g/mol. The van der Waals surface area contributed by atoms with Crippen LogP contribution < -0.4 is 5.43 Å². The molecule has 3 aromatic rings. The van der Waals surface area contributed by atoms with E-state index in [-0.39, 0.29) is 17.1 Å². The molecule has 0 bridgehead atoms. The zero-order chi connectivity index (χ0) is 21.4. The fourth-order valence-corrected chi connectivity index (χ4v) is 4.54. The number of benzene rings is 1. The van der Waals surface area contributed by atoms with Gasteiger partial charge in [-0.25, -0.2) is 0 Å². The minimum Gasteiger partial charge on any atom is -0.450 e. The van der Waals surface area contributed by atoms with Crippen LogP contribution >= 0.6 is 0 Å². The molecule has 2 aliphatic heterocycles. The average Bonchev–Trinajstić information content (AvgIpc) is 3.08. The number of hydrogen-bond acceptors (Lipinski definition) is 6. The van der Waals surface area contributed by atoms with E-state index in [1.165, 1.54) is 0 Å². The van der Waals surface area contributed by atoms with Crippen LogP contribution in [0.4, 0.5) is 0 Å². The molecule has 1 amide bonds. The highest BCUT2D eigenvalue weighted by Gasteiger charge is 2.42. The molecular formula is C24H25N3O4. The molecular weight excluding hydrogens is 394 g/mol. The minimum atomic E-state index is -0.484. The van der Waals surface area contributed by atoms with Crippen molar-refractivity contribution in [1.82, 2.24) is 14.8 Å². The highest BCUT2D eigenvalue weighted by atomic mass is 16.5. The fourth-order valence-electron chi connectivity index (χ4n) is 4.54. The number of nitrogens with zero attached hydrogens (tertiary/aromatic N) is 3. The van der Waals surface area contributed by atoms with Gasteiger partial charge >= 0.3 is 0 Å². The van der Waals surface area contributed by atoms with Crippen molar-refractivity contribution < 1.29 is 13.9 Å². The molecule has 0 saturated carbocycles. The molecule has 2 aromatic heterocycles. The molecule has 31 heavy (non-hydrogen) atoms. The van der Waals surface area contributed by atoms with E-state index in [0.717, 1.165) is 50.4 Å². The van der Waals surface area contributed by atoms with Crippen LogP contribution in [0.1, 0.15) is 39.7 Å². The van der Waals surface area contributed by atoms with Gasteiger partial charge in [-0.1, -0.05) is 17.7 Å². The van der Waals surface area contributed by atoms with Crippen LogP contribution in [0, 0.1) is 6.92 Å². The Labute approximate surface area is 180 Å². The highest BCUT2D eigenvalue weighted by Crippen LogP contribution is 2.38. The summed E-state index contributed by atoms with van der Waals surface area (Å²) in [6, 6.07) is 8.73. The zero-order valence-electron chi connectivity index (χ0n) is 17.5. The quantitative estimate of drug-likeness (QED) is 0.633. The molecule has 7 heteroatoms. The number of carbonyl (C=O) groups excluding carboxylic acids is 1. The molecule has 1 saturated heterocycles. The summed E-state index contributed by atoms with van der Waals surface area (Å²) in [7, 11) is 0. The summed E-state index contributed by atoms with van der Waals surface area (Å²) in [6.07, 6.45) is 4.22. The minimum absolute atomic E-state index is 0.141. The van der Waals surface area contributed by atoms with Crippen molar-refractivity contribution in [2.24, 2.45) is 0 Å².